The van der Waals surface area contributed by atoms with Gasteiger partial charge in [-0.3, -0.25) is 4.79 Å². The smallest absolute Gasteiger partial charge is 0.298 e. The highest BCUT2D eigenvalue weighted by molar-refractivity contribution is 6.03. The van der Waals surface area contributed by atoms with Crippen LogP contribution in [0.4, 0.5) is 30.6 Å². The Labute approximate surface area is 223 Å². The van der Waals surface area contributed by atoms with Gasteiger partial charge in [0.15, 0.2) is 5.69 Å². The molecule has 3 aliphatic heterocycles. The van der Waals surface area contributed by atoms with E-state index in [2.05, 4.69) is 15.2 Å². The fourth-order valence-electron chi connectivity index (χ4n) is 5.48. The molecule has 0 radical (unpaired) electrons. The van der Waals surface area contributed by atoms with Crippen molar-refractivity contribution in [3.8, 4) is 0 Å². The number of carbonyl (C=O) groups is 1. The van der Waals surface area contributed by atoms with Crippen molar-refractivity contribution in [2.24, 2.45) is 5.92 Å². The molecule has 0 saturated carbocycles. The Hall–Kier alpha value is -2.75. The first kappa shape index (κ1) is 28.3. The van der Waals surface area contributed by atoms with E-state index in [1.54, 1.807) is 19.1 Å². The number of piperidine rings is 2. The lowest BCUT2D eigenvalue weighted by molar-refractivity contribution is -0.0569. The van der Waals surface area contributed by atoms with Gasteiger partial charge in [-0.2, -0.15) is 4.98 Å². The molecule has 7 nitrogen and oxygen atoms in total. The molecule has 10 heteroatoms. The van der Waals surface area contributed by atoms with Crippen molar-refractivity contribution in [1.82, 2.24) is 9.88 Å². The third-order valence-corrected chi connectivity index (χ3v) is 7.56. The number of rotatable bonds is 6. The summed E-state index contributed by atoms with van der Waals surface area (Å²) < 4.78 is 47.4. The second kappa shape index (κ2) is 12.4. The molecule has 210 valence electrons. The molecule has 2 aromatic rings. The zero-order valence-electron chi connectivity index (χ0n) is 22.7. The van der Waals surface area contributed by atoms with Crippen molar-refractivity contribution in [2.75, 3.05) is 60.9 Å². The lowest BCUT2D eigenvalue weighted by Gasteiger charge is -2.33. The minimum atomic E-state index is -2.54. The molecule has 3 fully saturated rings. The number of hydrogen-bond donors (Lipinski definition) is 1. The average Bonchev–Trinajstić information content (AvgIpc) is 3.54. The average molecular weight is 536 g/mol. The number of hydrogen-bond acceptors (Lipinski definition) is 6. The molecule has 1 aromatic carbocycles. The molecule has 1 amide bonds. The molecule has 0 bridgehead atoms. The first-order valence-electron chi connectivity index (χ1n) is 14.0. The first-order valence-corrected chi connectivity index (χ1v) is 14.0. The van der Waals surface area contributed by atoms with Gasteiger partial charge in [-0.1, -0.05) is 13.8 Å². The van der Waals surface area contributed by atoms with Crippen LogP contribution in [0.3, 0.4) is 0 Å². The summed E-state index contributed by atoms with van der Waals surface area (Å²) in [7, 11) is 0. The molecule has 0 spiro atoms. The monoisotopic (exact) mass is 535 g/mol. The third kappa shape index (κ3) is 6.81. The number of amides is 1. The highest BCUT2D eigenvalue weighted by atomic mass is 19.3. The van der Waals surface area contributed by atoms with E-state index in [1.807, 2.05) is 23.6 Å². The molecule has 5 rings (SSSR count). The Kier molecular flexibility index (Phi) is 9.23. The molecule has 3 aliphatic rings. The van der Waals surface area contributed by atoms with Gasteiger partial charge >= 0.3 is 0 Å². The SMILES string of the molecule is CC.Cc1oc(N2CCC(CN3CCC(F)(F)CC3)C2)nc1C(=O)Nc1ccc(N2CCCCC2)c(F)c1. The van der Waals surface area contributed by atoms with E-state index in [0.717, 1.165) is 45.4 Å². The second-order valence-electron chi connectivity index (χ2n) is 10.3. The lowest BCUT2D eigenvalue weighted by Crippen LogP contribution is -2.42. The predicted octanol–water partition coefficient (Wildman–Crippen LogP) is 5.95. The van der Waals surface area contributed by atoms with Crippen LogP contribution >= 0.6 is 0 Å². The summed E-state index contributed by atoms with van der Waals surface area (Å²) >= 11 is 0. The number of nitrogens with one attached hydrogen (secondary N) is 1. The van der Waals surface area contributed by atoms with Crippen molar-refractivity contribution in [3.05, 3.63) is 35.5 Å². The molecule has 3 saturated heterocycles. The van der Waals surface area contributed by atoms with E-state index >= 15 is 0 Å². The number of anilines is 3. The molecular weight excluding hydrogens is 495 g/mol. The molecule has 1 atom stereocenters. The van der Waals surface area contributed by atoms with Crippen molar-refractivity contribution in [3.63, 3.8) is 0 Å². The van der Waals surface area contributed by atoms with Gasteiger partial charge < -0.3 is 24.4 Å². The molecule has 1 aromatic heterocycles. The van der Waals surface area contributed by atoms with Gasteiger partial charge in [0.1, 0.15) is 11.6 Å². The number of aromatic nitrogens is 1. The largest absolute Gasteiger partial charge is 0.428 e. The topological polar surface area (TPSA) is 64.9 Å². The van der Waals surface area contributed by atoms with Crippen LogP contribution in [-0.4, -0.2) is 67.5 Å². The van der Waals surface area contributed by atoms with Crippen molar-refractivity contribution >= 4 is 23.3 Å². The molecule has 0 aliphatic carbocycles. The Bertz CT molecular complexity index is 1080. The van der Waals surface area contributed by atoms with Gasteiger partial charge in [-0.05, 0) is 56.7 Å². The molecule has 4 heterocycles. The summed E-state index contributed by atoms with van der Waals surface area (Å²) in [5.74, 6) is -2.60. The maximum absolute atomic E-state index is 14.7. The standard InChI is InChI=1S/C26H34F3N5O2.C2H6/c1-18-23(24(35)30-20-5-6-22(21(27)15-20)33-10-3-2-4-11-33)31-25(36-18)34-12-7-19(17-34)16-32-13-8-26(28,29)9-14-32;1-2/h5-6,15,19H,2-4,7-14,16-17H2,1H3,(H,30,35);1-2H3. The summed E-state index contributed by atoms with van der Waals surface area (Å²) in [6.07, 6.45) is 4.04. The van der Waals surface area contributed by atoms with E-state index in [1.165, 1.54) is 12.5 Å². The van der Waals surface area contributed by atoms with Gasteiger partial charge in [-0.15, -0.1) is 0 Å². The number of oxazole rings is 1. The van der Waals surface area contributed by atoms with Crippen LogP contribution < -0.4 is 15.1 Å². The highest BCUT2D eigenvalue weighted by Crippen LogP contribution is 2.31. The van der Waals surface area contributed by atoms with E-state index < -0.39 is 11.8 Å². The molecule has 1 N–H and O–H groups in total. The summed E-state index contributed by atoms with van der Waals surface area (Å²) in [5, 5.41) is 2.74. The minimum Gasteiger partial charge on any atom is -0.428 e. The second-order valence-corrected chi connectivity index (χ2v) is 10.3. The van der Waals surface area contributed by atoms with Gasteiger partial charge in [-0.25, -0.2) is 13.2 Å². The normalized spacial score (nSPS) is 21.7. The van der Waals surface area contributed by atoms with Crippen molar-refractivity contribution in [1.29, 1.82) is 0 Å². The quantitative estimate of drug-likeness (QED) is 0.493. The zero-order chi connectivity index (χ0) is 27.3. The van der Waals surface area contributed by atoms with Crippen LogP contribution in [0.15, 0.2) is 22.6 Å². The number of halogens is 3. The Morgan fingerprint density at radius 1 is 1.08 bits per heavy atom. The molecule has 38 heavy (non-hydrogen) atoms. The van der Waals surface area contributed by atoms with Gasteiger partial charge in [0.25, 0.3) is 17.8 Å². The van der Waals surface area contributed by atoms with Gasteiger partial charge in [0.05, 0.1) is 5.69 Å². The highest BCUT2D eigenvalue weighted by Gasteiger charge is 2.36. The predicted molar refractivity (Wildman–Crippen MR) is 144 cm³/mol. The maximum atomic E-state index is 14.7. The van der Waals surface area contributed by atoms with E-state index in [4.69, 9.17) is 4.42 Å². The number of alkyl halides is 2. The number of aryl methyl sites for hydroxylation is 1. The van der Waals surface area contributed by atoms with E-state index in [9.17, 15) is 18.0 Å². The van der Waals surface area contributed by atoms with Crippen LogP contribution in [0.5, 0.6) is 0 Å². The molecule has 1 unspecified atom stereocenters. The first-order chi connectivity index (χ1) is 18.3. The number of benzene rings is 1. The van der Waals surface area contributed by atoms with Crippen LogP contribution in [0.25, 0.3) is 0 Å². The van der Waals surface area contributed by atoms with Crippen LogP contribution in [0, 0.1) is 18.7 Å². The third-order valence-electron chi connectivity index (χ3n) is 7.56. The van der Waals surface area contributed by atoms with E-state index in [-0.39, 0.29) is 24.4 Å². The van der Waals surface area contributed by atoms with Gasteiger partial charge in [0, 0.05) is 64.3 Å². The summed E-state index contributed by atoms with van der Waals surface area (Å²) in [6.45, 7) is 10.4. The fourth-order valence-corrected chi connectivity index (χ4v) is 5.48. The van der Waals surface area contributed by atoms with Crippen LogP contribution in [0.1, 0.15) is 68.6 Å². The Balaban J connectivity index is 0.00000164. The van der Waals surface area contributed by atoms with Gasteiger partial charge in [0.2, 0.25) is 0 Å². The lowest BCUT2D eigenvalue weighted by atomic mass is 10.0. The fraction of sp³-hybridized carbons (Fsp3) is 0.643. The number of carbonyl (C=O) groups excluding carboxylic acids is 1. The summed E-state index contributed by atoms with van der Waals surface area (Å²) in [4.78, 5) is 23.5. The molecular formula is C28H40F3N5O2. The Morgan fingerprint density at radius 3 is 2.47 bits per heavy atom. The van der Waals surface area contributed by atoms with Crippen LogP contribution in [-0.2, 0) is 0 Å². The van der Waals surface area contributed by atoms with Crippen molar-refractivity contribution < 1.29 is 22.4 Å². The summed E-state index contributed by atoms with van der Waals surface area (Å²) in [5.41, 5.74) is 1.11. The van der Waals surface area contributed by atoms with Crippen molar-refractivity contribution in [2.45, 2.75) is 65.2 Å². The minimum absolute atomic E-state index is 0.0777. The maximum Gasteiger partial charge on any atom is 0.298 e. The van der Waals surface area contributed by atoms with Crippen LogP contribution in [0.2, 0.25) is 0 Å². The number of nitrogens with zero attached hydrogens (tertiary/aromatic N) is 4. The Morgan fingerprint density at radius 2 is 1.79 bits per heavy atom. The zero-order valence-corrected chi connectivity index (χ0v) is 22.7. The summed E-state index contributed by atoms with van der Waals surface area (Å²) in [6, 6.07) is 5.16. The number of likely N-dealkylation sites (tertiary alicyclic amines) is 1. The van der Waals surface area contributed by atoms with E-state index in [0.29, 0.717) is 48.7 Å².